The molecule has 1 fully saturated rings. The number of carbonyl (C=O) groups is 2. The maximum atomic E-state index is 12.1. The number of nitrogens with one attached hydrogen (secondary N) is 1. The van der Waals surface area contributed by atoms with E-state index < -0.39 is 0 Å². The van der Waals surface area contributed by atoms with Crippen molar-refractivity contribution in [2.24, 2.45) is 0 Å². The van der Waals surface area contributed by atoms with Crippen LogP contribution in [0.5, 0.6) is 0 Å². The van der Waals surface area contributed by atoms with Gasteiger partial charge >= 0.3 is 5.97 Å². The predicted molar refractivity (Wildman–Crippen MR) is 108 cm³/mol. The quantitative estimate of drug-likeness (QED) is 0.709. The summed E-state index contributed by atoms with van der Waals surface area (Å²) in [6.07, 6.45) is 0.979. The lowest BCUT2D eigenvalue weighted by Crippen LogP contribution is -2.36. The van der Waals surface area contributed by atoms with Crippen molar-refractivity contribution in [3.8, 4) is 0 Å². The summed E-state index contributed by atoms with van der Waals surface area (Å²) in [4.78, 5) is 26.1. The second kappa shape index (κ2) is 10.5. The van der Waals surface area contributed by atoms with Gasteiger partial charge in [-0.05, 0) is 36.2 Å². The summed E-state index contributed by atoms with van der Waals surface area (Å²) in [7, 11) is 0. The molecule has 2 aromatic rings. The van der Waals surface area contributed by atoms with E-state index in [9.17, 15) is 9.59 Å². The Morgan fingerprint density at radius 2 is 1.68 bits per heavy atom. The molecule has 28 heavy (non-hydrogen) atoms. The molecule has 148 valence electrons. The van der Waals surface area contributed by atoms with Crippen LogP contribution in [-0.2, 0) is 25.7 Å². The largest absolute Gasteiger partial charge is 0.461 e. The van der Waals surface area contributed by atoms with Crippen molar-refractivity contribution in [1.29, 1.82) is 0 Å². The minimum atomic E-state index is -0.286. The maximum absolute atomic E-state index is 12.1. The van der Waals surface area contributed by atoms with Gasteiger partial charge in [-0.15, -0.1) is 0 Å². The van der Waals surface area contributed by atoms with Crippen molar-refractivity contribution in [3.63, 3.8) is 0 Å². The SMILES string of the molecule is O=C(CCCC(=O)OCc1ccccc1)Nc1ccc(N2CCOCC2)cc1. The molecule has 1 aliphatic rings. The van der Waals surface area contributed by atoms with Gasteiger partial charge in [0, 0.05) is 37.3 Å². The molecule has 0 aliphatic carbocycles. The van der Waals surface area contributed by atoms with Gasteiger partial charge in [0.1, 0.15) is 6.61 Å². The van der Waals surface area contributed by atoms with E-state index in [4.69, 9.17) is 9.47 Å². The fraction of sp³-hybridized carbons (Fsp3) is 0.364. The van der Waals surface area contributed by atoms with Crippen molar-refractivity contribution in [3.05, 3.63) is 60.2 Å². The van der Waals surface area contributed by atoms with E-state index in [-0.39, 0.29) is 31.3 Å². The second-order valence-corrected chi connectivity index (χ2v) is 6.69. The Balaban J connectivity index is 1.34. The highest BCUT2D eigenvalue weighted by molar-refractivity contribution is 5.91. The summed E-state index contributed by atoms with van der Waals surface area (Å²) < 4.78 is 10.6. The Kier molecular flexibility index (Phi) is 7.44. The normalized spacial score (nSPS) is 13.8. The fourth-order valence-corrected chi connectivity index (χ4v) is 3.00. The van der Waals surface area contributed by atoms with Gasteiger partial charge in [0.2, 0.25) is 5.91 Å². The van der Waals surface area contributed by atoms with Gasteiger partial charge < -0.3 is 19.7 Å². The number of nitrogens with zero attached hydrogens (tertiary/aromatic N) is 1. The molecular weight excluding hydrogens is 356 g/mol. The second-order valence-electron chi connectivity index (χ2n) is 6.69. The lowest BCUT2D eigenvalue weighted by Gasteiger charge is -2.28. The Bertz CT molecular complexity index is 756. The molecule has 0 bridgehead atoms. The average molecular weight is 382 g/mol. The highest BCUT2D eigenvalue weighted by Gasteiger charge is 2.11. The first kappa shape index (κ1) is 19.9. The van der Waals surface area contributed by atoms with Crippen LogP contribution >= 0.6 is 0 Å². The lowest BCUT2D eigenvalue weighted by molar-refractivity contribution is -0.145. The minimum absolute atomic E-state index is 0.102. The molecule has 0 spiro atoms. The van der Waals surface area contributed by atoms with E-state index in [2.05, 4.69) is 10.2 Å². The van der Waals surface area contributed by atoms with Crippen LogP contribution in [0.4, 0.5) is 11.4 Å². The number of anilines is 2. The molecule has 1 N–H and O–H groups in total. The molecule has 6 nitrogen and oxygen atoms in total. The minimum Gasteiger partial charge on any atom is -0.461 e. The number of carbonyl (C=O) groups excluding carboxylic acids is 2. The number of rotatable bonds is 8. The van der Waals surface area contributed by atoms with Gasteiger partial charge in [-0.25, -0.2) is 0 Å². The van der Waals surface area contributed by atoms with Gasteiger partial charge in [0.05, 0.1) is 13.2 Å². The number of hydrogen-bond donors (Lipinski definition) is 1. The third kappa shape index (κ3) is 6.39. The predicted octanol–water partition coefficient (Wildman–Crippen LogP) is 3.38. The summed E-state index contributed by atoms with van der Waals surface area (Å²) in [6, 6.07) is 17.3. The molecular formula is C22H26N2O4. The zero-order chi connectivity index (χ0) is 19.6. The standard InChI is InChI=1S/C22H26N2O4/c25-21(7-4-8-22(26)28-17-18-5-2-1-3-6-18)23-19-9-11-20(12-10-19)24-13-15-27-16-14-24/h1-3,5-6,9-12H,4,7-8,13-17H2,(H,23,25). The van der Waals surface area contributed by atoms with Crippen molar-refractivity contribution in [2.75, 3.05) is 36.5 Å². The topological polar surface area (TPSA) is 67.9 Å². The average Bonchev–Trinajstić information content (AvgIpc) is 2.74. The number of hydrogen-bond acceptors (Lipinski definition) is 5. The van der Waals surface area contributed by atoms with E-state index in [0.29, 0.717) is 6.42 Å². The number of morpholine rings is 1. The van der Waals surface area contributed by atoms with Gasteiger partial charge in [-0.3, -0.25) is 9.59 Å². The molecule has 3 rings (SSSR count). The van der Waals surface area contributed by atoms with Crippen LogP contribution in [0.3, 0.4) is 0 Å². The molecule has 1 amide bonds. The van der Waals surface area contributed by atoms with E-state index in [1.807, 2.05) is 54.6 Å². The molecule has 1 aliphatic heterocycles. The molecule has 0 atom stereocenters. The number of ether oxygens (including phenoxy) is 2. The highest BCUT2D eigenvalue weighted by atomic mass is 16.5. The Morgan fingerprint density at radius 1 is 0.964 bits per heavy atom. The van der Waals surface area contributed by atoms with E-state index in [0.717, 1.165) is 43.2 Å². The van der Waals surface area contributed by atoms with Crippen LogP contribution in [-0.4, -0.2) is 38.2 Å². The number of esters is 1. The molecule has 0 saturated carbocycles. The van der Waals surface area contributed by atoms with E-state index in [1.165, 1.54) is 0 Å². The summed E-state index contributed by atoms with van der Waals surface area (Å²) in [5, 5.41) is 2.87. The van der Waals surface area contributed by atoms with Crippen molar-refractivity contribution >= 4 is 23.3 Å². The van der Waals surface area contributed by atoms with Crippen LogP contribution in [0.1, 0.15) is 24.8 Å². The van der Waals surface area contributed by atoms with Crippen LogP contribution < -0.4 is 10.2 Å². The summed E-state index contributed by atoms with van der Waals surface area (Å²) in [6.45, 7) is 3.51. The van der Waals surface area contributed by atoms with Crippen molar-refractivity contribution in [2.45, 2.75) is 25.9 Å². The van der Waals surface area contributed by atoms with Crippen LogP contribution in [0, 0.1) is 0 Å². The van der Waals surface area contributed by atoms with Gasteiger partial charge in [-0.2, -0.15) is 0 Å². The Hall–Kier alpha value is -2.86. The van der Waals surface area contributed by atoms with Crippen molar-refractivity contribution < 1.29 is 19.1 Å². The molecule has 0 aromatic heterocycles. The smallest absolute Gasteiger partial charge is 0.306 e. The number of benzene rings is 2. The van der Waals surface area contributed by atoms with Gasteiger partial charge in [-0.1, -0.05) is 30.3 Å². The molecule has 0 radical (unpaired) electrons. The zero-order valence-electron chi connectivity index (χ0n) is 15.9. The van der Waals surface area contributed by atoms with Gasteiger partial charge in [0.15, 0.2) is 0 Å². The Labute approximate surface area is 165 Å². The summed E-state index contributed by atoms with van der Waals surface area (Å²) in [5.41, 5.74) is 2.84. The first-order valence-corrected chi connectivity index (χ1v) is 9.63. The first-order chi connectivity index (χ1) is 13.7. The molecule has 1 saturated heterocycles. The first-order valence-electron chi connectivity index (χ1n) is 9.63. The van der Waals surface area contributed by atoms with Crippen LogP contribution in [0.2, 0.25) is 0 Å². The summed E-state index contributed by atoms with van der Waals surface area (Å²) in [5.74, 6) is -0.388. The third-order valence-electron chi connectivity index (χ3n) is 4.55. The zero-order valence-corrected chi connectivity index (χ0v) is 15.9. The lowest BCUT2D eigenvalue weighted by atomic mass is 10.2. The third-order valence-corrected chi connectivity index (χ3v) is 4.55. The number of amides is 1. The highest BCUT2D eigenvalue weighted by Crippen LogP contribution is 2.19. The van der Waals surface area contributed by atoms with Crippen molar-refractivity contribution in [1.82, 2.24) is 0 Å². The monoisotopic (exact) mass is 382 g/mol. The summed E-state index contributed by atoms with van der Waals surface area (Å²) >= 11 is 0. The molecule has 6 heteroatoms. The maximum Gasteiger partial charge on any atom is 0.306 e. The Morgan fingerprint density at radius 3 is 2.39 bits per heavy atom. The van der Waals surface area contributed by atoms with Crippen LogP contribution in [0.15, 0.2) is 54.6 Å². The fourth-order valence-electron chi connectivity index (χ4n) is 3.00. The molecule has 2 aromatic carbocycles. The van der Waals surface area contributed by atoms with E-state index >= 15 is 0 Å². The van der Waals surface area contributed by atoms with Gasteiger partial charge in [0.25, 0.3) is 0 Å². The van der Waals surface area contributed by atoms with E-state index in [1.54, 1.807) is 0 Å². The molecule has 1 heterocycles. The molecule has 0 unspecified atom stereocenters. The van der Waals surface area contributed by atoms with Crippen LogP contribution in [0.25, 0.3) is 0 Å².